The molecule has 2 rings (SSSR count). The van der Waals surface area contributed by atoms with Crippen LogP contribution in [0.25, 0.3) is 0 Å². The zero-order chi connectivity index (χ0) is 7.84. The summed E-state index contributed by atoms with van der Waals surface area (Å²) in [7, 11) is 0. The van der Waals surface area contributed by atoms with Crippen molar-refractivity contribution in [3.05, 3.63) is 18.2 Å². The van der Waals surface area contributed by atoms with Crippen LogP contribution in [0.2, 0.25) is 0 Å². The second kappa shape index (κ2) is 2.36. The predicted octanol–water partition coefficient (Wildman–Crippen LogP) is 2.16. The van der Waals surface area contributed by atoms with E-state index in [9.17, 15) is 0 Å². The highest BCUT2D eigenvalue weighted by Gasteiger charge is 2.26. The van der Waals surface area contributed by atoms with Gasteiger partial charge in [-0.25, -0.2) is 4.98 Å². The Morgan fingerprint density at radius 2 is 2.27 bits per heavy atom. The Kier molecular flexibility index (Phi) is 1.48. The van der Waals surface area contributed by atoms with Gasteiger partial charge in [-0.3, -0.25) is 0 Å². The molecule has 0 atom stereocenters. The number of aryl methyl sites for hydroxylation is 1. The third-order valence-electron chi connectivity index (χ3n) is 2.60. The van der Waals surface area contributed by atoms with Gasteiger partial charge < -0.3 is 4.57 Å². The van der Waals surface area contributed by atoms with E-state index < -0.39 is 0 Å². The lowest BCUT2D eigenvalue weighted by atomic mass is 9.82. The fourth-order valence-electron chi connectivity index (χ4n) is 1.86. The summed E-state index contributed by atoms with van der Waals surface area (Å²) in [5.74, 6) is 2.07. The standard InChI is InChI=1S/C9H14N2/c1-7-5-9(6-7)11-4-3-10-8(11)2/h3-4,7,9H,5-6H2,1-2H3. The monoisotopic (exact) mass is 150 g/mol. The Labute approximate surface area is 67.3 Å². The van der Waals surface area contributed by atoms with Crippen molar-refractivity contribution in [2.75, 3.05) is 0 Å². The molecule has 1 aromatic rings. The SMILES string of the molecule is Cc1nccn1C1CC(C)C1. The lowest BCUT2D eigenvalue weighted by Gasteiger charge is -2.34. The Hall–Kier alpha value is -0.790. The Morgan fingerprint density at radius 3 is 2.73 bits per heavy atom. The summed E-state index contributed by atoms with van der Waals surface area (Å²) in [6, 6.07) is 0.743. The van der Waals surface area contributed by atoms with Gasteiger partial charge in [0.15, 0.2) is 0 Å². The van der Waals surface area contributed by atoms with Gasteiger partial charge >= 0.3 is 0 Å². The number of aromatic nitrogens is 2. The number of rotatable bonds is 1. The number of imidazole rings is 1. The maximum atomic E-state index is 4.21. The topological polar surface area (TPSA) is 17.8 Å². The van der Waals surface area contributed by atoms with Gasteiger partial charge in [0.1, 0.15) is 5.82 Å². The molecular weight excluding hydrogens is 136 g/mol. The van der Waals surface area contributed by atoms with E-state index in [1.807, 2.05) is 6.20 Å². The molecule has 0 amide bonds. The Balaban J connectivity index is 2.12. The third-order valence-corrected chi connectivity index (χ3v) is 2.60. The first-order chi connectivity index (χ1) is 5.27. The summed E-state index contributed by atoms with van der Waals surface area (Å²) in [5.41, 5.74) is 0. The van der Waals surface area contributed by atoms with E-state index in [1.165, 1.54) is 12.8 Å². The minimum atomic E-state index is 0.743. The molecule has 1 aliphatic carbocycles. The smallest absolute Gasteiger partial charge is 0.105 e. The molecule has 1 fully saturated rings. The molecule has 1 heterocycles. The molecular formula is C9H14N2. The average Bonchev–Trinajstić information content (AvgIpc) is 2.29. The first-order valence-corrected chi connectivity index (χ1v) is 4.27. The molecule has 11 heavy (non-hydrogen) atoms. The molecule has 0 unspecified atom stereocenters. The van der Waals surface area contributed by atoms with Crippen molar-refractivity contribution in [3.63, 3.8) is 0 Å². The summed E-state index contributed by atoms with van der Waals surface area (Å²) < 4.78 is 2.29. The van der Waals surface area contributed by atoms with Crippen molar-refractivity contribution in [1.29, 1.82) is 0 Å². The second-order valence-electron chi connectivity index (χ2n) is 3.61. The van der Waals surface area contributed by atoms with E-state index in [2.05, 4.69) is 29.6 Å². The highest BCUT2D eigenvalue weighted by atomic mass is 15.1. The van der Waals surface area contributed by atoms with Gasteiger partial charge in [0.05, 0.1) is 0 Å². The number of hydrogen-bond acceptors (Lipinski definition) is 1. The summed E-state index contributed by atoms with van der Waals surface area (Å²) in [5, 5.41) is 0. The van der Waals surface area contributed by atoms with Crippen LogP contribution in [0.4, 0.5) is 0 Å². The van der Waals surface area contributed by atoms with Crippen LogP contribution in [0.5, 0.6) is 0 Å². The third kappa shape index (κ3) is 1.06. The molecule has 0 aromatic carbocycles. The van der Waals surface area contributed by atoms with Gasteiger partial charge in [0.2, 0.25) is 0 Å². The quantitative estimate of drug-likeness (QED) is 0.600. The van der Waals surface area contributed by atoms with E-state index in [4.69, 9.17) is 0 Å². The fourth-order valence-corrected chi connectivity index (χ4v) is 1.86. The Morgan fingerprint density at radius 1 is 1.55 bits per heavy atom. The van der Waals surface area contributed by atoms with Crippen LogP contribution in [0.15, 0.2) is 12.4 Å². The first kappa shape index (κ1) is 6.89. The molecule has 0 bridgehead atoms. The van der Waals surface area contributed by atoms with Crippen LogP contribution in [0, 0.1) is 12.8 Å². The highest BCUT2D eigenvalue weighted by Crippen LogP contribution is 2.37. The van der Waals surface area contributed by atoms with Crippen LogP contribution in [0.1, 0.15) is 31.6 Å². The molecule has 0 N–H and O–H groups in total. The largest absolute Gasteiger partial charge is 0.332 e. The molecule has 0 spiro atoms. The number of nitrogens with zero attached hydrogens (tertiary/aromatic N) is 2. The maximum Gasteiger partial charge on any atom is 0.105 e. The van der Waals surface area contributed by atoms with Gasteiger partial charge in [0.25, 0.3) is 0 Å². The molecule has 1 saturated carbocycles. The summed E-state index contributed by atoms with van der Waals surface area (Å²) in [6.45, 7) is 4.38. The molecule has 2 heteroatoms. The summed E-state index contributed by atoms with van der Waals surface area (Å²) in [4.78, 5) is 4.21. The Bertz CT molecular complexity index is 246. The molecule has 0 saturated heterocycles. The van der Waals surface area contributed by atoms with Gasteiger partial charge in [-0.1, -0.05) is 6.92 Å². The van der Waals surface area contributed by atoms with Crippen molar-refractivity contribution in [2.24, 2.45) is 5.92 Å². The molecule has 1 aromatic heterocycles. The highest BCUT2D eigenvalue weighted by molar-refractivity contribution is 4.95. The van der Waals surface area contributed by atoms with Crippen molar-refractivity contribution in [3.8, 4) is 0 Å². The van der Waals surface area contributed by atoms with Gasteiger partial charge in [-0.05, 0) is 25.7 Å². The summed E-state index contributed by atoms with van der Waals surface area (Å²) >= 11 is 0. The molecule has 0 radical (unpaired) electrons. The normalized spacial score (nSPS) is 30.0. The van der Waals surface area contributed by atoms with E-state index in [0.29, 0.717) is 0 Å². The lowest BCUT2D eigenvalue weighted by molar-refractivity contribution is 0.213. The van der Waals surface area contributed by atoms with Crippen molar-refractivity contribution in [2.45, 2.75) is 32.7 Å². The molecule has 1 aliphatic rings. The van der Waals surface area contributed by atoms with E-state index >= 15 is 0 Å². The van der Waals surface area contributed by atoms with Crippen LogP contribution < -0.4 is 0 Å². The zero-order valence-electron chi connectivity index (χ0n) is 7.12. The number of hydrogen-bond donors (Lipinski definition) is 0. The second-order valence-corrected chi connectivity index (χ2v) is 3.61. The molecule has 2 nitrogen and oxygen atoms in total. The van der Waals surface area contributed by atoms with E-state index in [1.54, 1.807) is 0 Å². The van der Waals surface area contributed by atoms with Crippen molar-refractivity contribution >= 4 is 0 Å². The minimum absolute atomic E-state index is 0.743. The first-order valence-electron chi connectivity index (χ1n) is 4.27. The van der Waals surface area contributed by atoms with E-state index in [0.717, 1.165) is 17.8 Å². The van der Waals surface area contributed by atoms with Crippen molar-refractivity contribution < 1.29 is 0 Å². The van der Waals surface area contributed by atoms with Crippen LogP contribution in [0.3, 0.4) is 0 Å². The fraction of sp³-hybridized carbons (Fsp3) is 0.667. The van der Waals surface area contributed by atoms with Gasteiger partial charge in [-0.15, -0.1) is 0 Å². The predicted molar refractivity (Wildman–Crippen MR) is 44.4 cm³/mol. The van der Waals surface area contributed by atoms with Gasteiger partial charge in [0, 0.05) is 18.4 Å². The van der Waals surface area contributed by atoms with Crippen LogP contribution in [-0.2, 0) is 0 Å². The maximum absolute atomic E-state index is 4.21. The van der Waals surface area contributed by atoms with Crippen LogP contribution >= 0.6 is 0 Å². The van der Waals surface area contributed by atoms with Crippen molar-refractivity contribution in [1.82, 2.24) is 9.55 Å². The lowest BCUT2D eigenvalue weighted by Crippen LogP contribution is -2.24. The minimum Gasteiger partial charge on any atom is -0.332 e. The van der Waals surface area contributed by atoms with E-state index in [-0.39, 0.29) is 0 Å². The van der Waals surface area contributed by atoms with Crippen LogP contribution in [-0.4, -0.2) is 9.55 Å². The summed E-state index contributed by atoms with van der Waals surface area (Å²) in [6.07, 6.45) is 6.64. The molecule has 0 aliphatic heterocycles. The molecule has 60 valence electrons. The zero-order valence-corrected chi connectivity index (χ0v) is 7.12. The average molecular weight is 150 g/mol. The van der Waals surface area contributed by atoms with Gasteiger partial charge in [-0.2, -0.15) is 0 Å².